The molecule has 0 aliphatic carbocycles. The van der Waals surface area contributed by atoms with Gasteiger partial charge in [-0.25, -0.2) is 0 Å². The molecule has 0 radical (unpaired) electrons. The van der Waals surface area contributed by atoms with Crippen molar-refractivity contribution >= 4 is 28.3 Å². The average molecular weight is 186 g/mol. The zero-order chi connectivity index (χ0) is 8.27. The Balaban J connectivity index is 2.36. The van der Waals surface area contributed by atoms with Gasteiger partial charge in [0.05, 0.1) is 12.5 Å². The highest BCUT2D eigenvalue weighted by Crippen LogP contribution is 2.24. The van der Waals surface area contributed by atoms with Crippen molar-refractivity contribution in [1.29, 1.82) is 5.26 Å². The van der Waals surface area contributed by atoms with E-state index in [0.717, 1.165) is 17.4 Å². The van der Waals surface area contributed by atoms with Crippen LogP contribution < -0.4 is 0 Å². The largest absolute Gasteiger partial charge is 0.355 e. The van der Waals surface area contributed by atoms with E-state index in [1.807, 2.05) is 0 Å². The van der Waals surface area contributed by atoms with Crippen molar-refractivity contribution in [3.63, 3.8) is 0 Å². The molecule has 0 aromatic rings. The van der Waals surface area contributed by atoms with E-state index in [9.17, 15) is 0 Å². The Kier molecular flexibility index (Phi) is 3.16. The van der Waals surface area contributed by atoms with Gasteiger partial charge in [0, 0.05) is 18.3 Å². The van der Waals surface area contributed by atoms with Crippen molar-refractivity contribution in [2.24, 2.45) is 0 Å². The summed E-state index contributed by atoms with van der Waals surface area (Å²) in [6, 6.07) is 2.12. The van der Waals surface area contributed by atoms with Gasteiger partial charge in [0.1, 0.15) is 4.32 Å². The summed E-state index contributed by atoms with van der Waals surface area (Å²) in [4.78, 5) is 2.11. The third-order valence-corrected chi connectivity index (χ3v) is 3.09. The number of thiocarbonyl (C=S) groups is 1. The Morgan fingerprint density at radius 2 is 2.64 bits per heavy atom. The number of hydrogen-bond donors (Lipinski definition) is 0. The average Bonchev–Trinajstić information content (AvgIpc) is 2.26. The van der Waals surface area contributed by atoms with Crippen molar-refractivity contribution in [3.8, 4) is 6.07 Å². The van der Waals surface area contributed by atoms with Crippen LogP contribution in [0, 0.1) is 11.3 Å². The lowest BCUT2D eigenvalue weighted by Crippen LogP contribution is -2.24. The van der Waals surface area contributed by atoms with Crippen LogP contribution in [0.15, 0.2) is 0 Å². The molecule has 0 amide bonds. The zero-order valence-electron chi connectivity index (χ0n) is 6.41. The predicted octanol–water partition coefficient (Wildman–Crippen LogP) is 1.62. The van der Waals surface area contributed by atoms with Crippen molar-refractivity contribution in [3.05, 3.63) is 0 Å². The number of nitrogens with zero attached hydrogens (tertiary/aromatic N) is 2. The Labute approximate surface area is 76.6 Å². The van der Waals surface area contributed by atoms with E-state index in [2.05, 4.69) is 17.9 Å². The molecular formula is C7H10N2S2. The Morgan fingerprint density at radius 3 is 3.09 bits per heavy atom. The monoisotopic (exact) mass is 186 g/mol. The molecule has 2 nitrogen and oxygen atoms in total. The van der Waals surface area contributed by atoms with Gasteiger partial charge in [0.2, 0.25) is 0 Å². The van der Waals surface area contributed by atoms with Crippen molar-refractivity contribution in [2.75, 3.05) is 13.1 Å². The van der Waals surface area contributed by atoms with Crippen LogP contribution in [0.2, 0.25) is 0 Å². The molecule has 1 rings (SSSR count). The zero-order valence-corrected chi connectivity index (χ0v) is 8.04. The summed E-state index contributed by atoms with van der Waals surface area (Å²) in [5.41, 5.74) is 0. The van der Waals surface area contributed by atoms with Gasteiger partial charge < -0.3 is 4.90 Å². The van der Waals surface area contributed by atoms with Crippen LogP contribution in [0.25, 0.3) is 0 Å². The number of rotatable bonds is 2. The standard InChI is InChI=1S/C7H10N2S2/c1-6-5-9(4-2-3-8)7(10)11-6/h6H,2,4-5H2,1H3/t6-/m1/s1. The van der Waals surface area contributed by atoms with Gasteiger partial charge in [-0.05, 0) is 0 Å². The van der Waals surface area contributed by atoms with Gasteiger partial charge in [-0.2, -0.15) is 5.26 Å². The molecule has 1 atom stereocenters. The van der Waals surface area contributed by atoms with Crippen molar-refractivity contribution in [1.82, 2.24) is 4.90 Å². The summed E-state index contributed by atoms with van der Waals surface area (Å²) < 4.78 is 0.952. The maximum atomic E-state index is 8.35. The first-order chi connectivity index (χ1) is 5.24. The molecule has 1 fully saturated rings. The minimum atomic E-state index is 0.577. The van der Waals surface area contributed by atoms with Crippen LogP contribution >= 0.6 is 24.0 Å². The third-order valence-electron chi connectivity index (χ3n) is 1.53. The van der Waals surface area contributed by atoms with E-state index in [1.54, 1.807) is 11.8 Å². The van der Waals surface area contributed by atoms with E-state index in [4.69, 9.17) is 17.5 Å². The van der Waals surface area contributed by atoms with Crippen LogP contribution in [-0.4, -0.2) is 27.6 Å². The van der Waals surface area contributed by atoms with E-state index in [1.165, 1.54) is 0 Å². The fourth-order valence-corrected chi connectivity index (χ4v) is 2.61. The first kappa shape index (κ1) is 8.82. The molecule has 0 aromatic carbocycles. The molecule has 0 unspecified atom stereocenters. The van der Waals surface area contributed by atoms with Gasteiger partial charge >= 0.3 is 0 Å². The molecule has 4 heteroatoms. The highest BCUT2D eigenvalue weighted by atomic mass is 32.2. The lowest BCUT2D eigenvalue weighted by atomic mass is 10.4. The van der Waals surface area contributed by atoms with Crippen LogP contribution in [0.3, 0.4) is 0 Å². The Hall–Kier alpha value is -0.270. The van der Waals surface area contributed by atoms with Crippen LogP contribution in [0.4, 0.5) is 0 Å². The normalized spacial score (nSPS) is 23.8. The van der Waals surface area contributed by atoms with Crippen LogP contribution in [0.1, 0.15) is 13.3 Å². The second-order valence-corrected chi connectivity index (χ2v) is 4.62. The minimum Gasteiger partial charge on any atom is -0.355 e. The maximum absolute atomic E-state index is 8.35. The number of thioether (sulfide) groups is 1. The molecule has 1 aliphatic heterocycles. The molecule has 1 saturated heterocycles. The van der Waals surface area contributed by atoms with E-state index in [-0.39, 0.29) is 0 Å². The van der Waals surface area contributed by atoms with E-state index in [0.29, 0.717) is 11.7 Å². The predicted molar refractivity (Wildman–Crippen MR) is 51.5 cm³/mol. The van der Waals surface area contributed by atoms with Gasteiger partial charge in [0.25, 0.3) is 0 Å². The first-order valence-electron chi connectivity index (χ1n) is 3.56. The van der Waals surface area contributed by atoms with E-state index < -0.39 is 0 Å². The van der Waals surface area contributed by atoms with Gasteiger partial charge in [-0.1, -0.05) is 30.9 Å². The van der Waals surface area contributed by atoms with Crippen molar-refractivity contribution in [2.45, 2.75) is 18.6 Å². The highest BCUT2D eigenvalue weighted by molar-refractivity contribution is 8.23. The molecule has 0 bridgehead atoms. The summed E-state index contributed by atoms with van der Waals surface area (Å²) >= 11 is 6.84. The third kappa shape index (κ3) is 2.35. The van der Waals surface area contributed by atoms with Crippen molar-refractivity contribution < 1.29 is 0 Å². The molecule has 0 aromatic heterocycles. The molecule has 0 saturated carbocycles. The topological polar surface area (TPSA) is 27.0 Å². The molecule has 60 valence electrons. The summed E-state index contributed by atoms with van der Waals surface area (Å²) in [6.45, 7) is 3.96. The Bertz CT molecular complexity index is 197. The van der Waals surface area contributed by atoms with Gasteiger partial charge in [-0.3, -0.25) is 0 Å². The molecule has 11 heavy (non-hydrogen) atoms. The lowest BCUT2D eigenvalue weighted by Gasteiger charge is -2.13. The summed E-state index contributed by atoms with van der Waals surface area (Å²) in [7, 11) is 0. The molecule has 0 spiro atoms. The smallest absolute Gasteiger partial charge is 0.136 e. The van der Waals surface area contributed by atoms with Crippen LogP contribution in [0.5, 0.6) is 0 Å². The number of hydrogen-bond acceptors (Lipinski definition) is 3. The second-order valence-electron chi connectivity index (χ2n) is 2.55. The quantitative estimate of drug-likeness (QED) is 0.612. The maximum Gasteiger partial charge on any atom is 0.136 e. The summed E-state index contributed by atoms with van der Waals surface area (Å²) in [5, 5.41) is 8.95. The van der Waals surface area contributed by atoms with E-state index >= 15 is 0 Å². The van der Waals surface area contributed by atoms with Gasteiger partial charge in [-0.15, -0.1) is 0 Å². The highest BCUT2D eigenvalue weighted by Gasteiger charge is 2.22. The molecule has 1 aliphatic rings. The molecular weight excluding hydrogens is 176 g/mol. The minimum absolute atomic E-state index is 0.577. The van der Waals surface area contributed by atoms with Crippen LogP contribution in [-0.2, 0) is 0 Å². The fourth-order valence-electron chi connectivity index (χ4n) is 1.04. The van der Waals surface area contributed by atoms with Gasteiger partial charge in [0.15, 0.2) is 0 Å². The first-order valence-corrected chi connectivity index (χ1v) is 4.85. The molecule has 1 heterocycles. The SMILES string of the molecule is C[C@@H]1CN(CCC#N)C(=S)S1. The lowest BCUT2D eigenvalue weighted by molar-refractivity contribution is 0.457. The summed E-state index contributed by atoms with van der Waals surface area (Å²) in [6.07, 6.45) is 0.577. The second kappa shape index (κ2) is 3.93. The summed E-state index contributed by atoms with van der Waals surface area (Å²) in [5.74, 6) is 0. The fraction of sp³-hybridized carbons (Fsp3) is 0.714. The molecule has 0 N–H and O–H groups in total. The number of nitriles is 1. The Morgan fingerprint density at radius 1 is 1.91 bits per heavy atom.